The van der Waals surface area contributed by atoms with E-state index in [1.165, 1.54) is 12.4 Å². The fraction of sp³-hybridized carbons (Fsp3) is 0.556. The normalized spacial score (nSPS) is 15.5. The predicted molar refractivity (Wildman–Crippen MR) is 52.3 cm³/mol. The lowest BCUT2D eigenvalue weighted by molar-refractivity contribution is 0.301. The number of hydrogen-bond acceptors (Lipinski definition) is 4. The summed E-state index contributed by atoms with van der Waals surface area (Å²) >= 11 is 0. The molecule has 0 aliphatic heterocycles. The number of aliphatic hydroxyl groups excluding tert-OH is 1. The molecule has 0 atom stereocenters. The quantitative estimate of drug-likeness (QED) is 0.694. The molecule has 2 N–H and O–H groups in total. The maximum absolute atomic E-state index is 11.1. The molecular weight excluding hydrogens is 182 g/mol. The van der Waals surface area contributed by atoms with Gasteiger partial charge in [0.05, 0.1) is 12.9 Å². The van der Waals surface area contributed by atoms with Crippen LogP contribution in [0.15, 0.2) is 17.2 Å². The second-order valence-electron chi connectivity index (χ2n) is 3.42. The van der Waals surface area contributed by atoms with Crippen molar-refractivity contribution in [1.29, 1.82) is 0 Å². The second-order valence-corrected chi connectivity index (χ2v) is 3.42. The van der Waals surface area contributed by atoms with Gasteiger partial charge in [-0.15, -0.1) is 0 Å². The van der Waals surface area contributed by atoms with Gasteiger partial charge in [0.2, 0.25) is 0 Å². The Bertz CT molecular complexity index is 359. The maximum atomic E-state index is 11.1. The Hall–Kier alpha value is -1.36. The average molecular weight is 195 g/mol. The minimum atomic E-state index is -0.154. The first-order valence-electron chi connectivity index (χ1n) is 4.73. The van der Waals surface area contributed by atoms with Gasteiger partial charge in [-0.05, 0) is 12.8 Å². The minimum absolute atomic E-state index is 0.0883. The summed E-state index contributed by atoms with van der Waals surface area (Å²) in [4.78, 5) is 19.6. The summed E-state index contributed by atoms with van der Waals surface area (Å²) in [5.41, 5.74) is -0.154. The first kappa shape index (κ1) is 9.21. The average Bonchev–Trinajstić information content (AvgIpc) is 2.97. The van der Waals surface area contributed by atoms with E-state index in [9.17, 15) is 4.79 Å². The lowest BCUT2D eigenvalue weighted by Gasteiger charge is -2.21. The van der Waals surface area contributed by atoms with Crippen LogP contribution in [0.25, 0.3) is 0 Å². The van der Waals surface area contributed by atoms with Crippen molar-refractivity contribution in [3.05, 3.63) is 22.7 Å². The van der Waals surface area contributed by atoms with Gasteiger partial charge < -0.3 is 15.0 Å². The highest BCUT2D eigenvalue weighted by atomic mass is 16.3. The Labute approximate surface area is 81.4 Å². The SMILES string of the molecule is O=c1cc(N(CCO)C2CC2)nc[nH]1. The summed E-state index contributed by atoms with van der Waals surface area (Å²) in [7, 11) is 0. The van der Waals surface area contributed by atoms with Crippen LogP contribution in [0.3, 0.4) is 0 Å². The molecule has 5 nitrogen and oxygen atoms in total. The standard InChI is InChI=1S/C9H13N3O2/c13-4-3-12(7-1-2-7)8-5-9(14)11-6-10-8/h5-7,13H,1-4H2,(H,10,11,14). The molecule has 1 fully saturated rings. The van der Waals surface area contributed by atoms with Crippen molar-refractivity contribution in [2.45, 2.75) is 18.9 Å². The van der Waals surface area contributed by atoms with Crippen LogP contribution in [0.2, 0.25) is 0 Å². The molecular formula is C9H13N3O2. The molecule has 0 bridgehead atoms. The zero-order valence-electron chi connectivity index (χ0n) is 7.81. The Kier molecular flexibility index (Phi) is 2.49. The number of rotatable bonds is 4. The molecule has 2 rings (SSSR count). The van der Waals surface area contributed by atoms with Gasteiger partial charge in [-0.2, -0.15) is 0 Å². The van der Waals surface area contributed by atoms with Gasteiger partial charge in [-0.25, -0.2) is 4.98 Å². The molecule has 1 heterocycles. The molecule has 1 saturated carbocycles. The highest BCUT2D eigenvalue weighted by Gasteiger charge is 2.29. The fourth-order valence-corrected chi connectivity index (χ4v) is 1.49. The number of aromatic nitrogens is 2. The molecule has 0 amide bonds. The molecule has 1 aromatic rings. The van der Waals surface area contributed by atoms with Crippen LogP contribution < -0.4 is 10.5 Å². The molecule has 76 valence electrons. The van der Waals surface area contributed by atoms with Gasteiger partial charge in [0.25, 0.3) is 5.56 Å². The summed E-state index contributed by atoms with van der Waals surface area (Å²) in [5, 5.41) is 8.89. The number of nitrogens with zero attached hydrogens (tertiary/aromatic N) is 2. The number of nitrogens with one attached hydrogen (secondary N) is 1. The maximum Gasteiger partial charge on any atom is 0.252 e. The number of H-pyrrole nitrogens is 1. The van der Waals surface area contributed by atoms with Gasteiger partial charge in [-0.1, -0.05) is 0 Å². The first-order chi connectivity index (χ1) is 6.81. The van der Waals surface area contributed by atoms with Crippen LogP contribution in [0.1, 0.15) is 12.8 Å². The van der Waals surface area contributed by atoms with Crippen molar-refractivity contribution in [3.8, 4) is 0 Å². The molecule has 0 unspecified atom stereocenters. The van der Waals surface area contributed by atoms with Crippen molar-refractivity contribution < 1.29 is 5.11 Å². The Morgan fingerprint density at radius 2 is 2.43 bits per heavy atom. The predicted octanol–water partition coefficient (Wildman–Crippen LogP) is -0.269. The summed E-state index contributed by atoms with van der Waals surface area (Å²) < 4.78 is 0. The van der Waals surface area contributed by atoms with Crippen LogP contribution in [-0.4, -0.2) is 34.3 Å². The van der Waals surface area contributed by atoms with E-state index in [1.807, 2.05) is 4.90 Å². The molecule has 14 heavy (non-hydrogen) atoms. The summed E-state index contributed by atoms with van der Waals surface area (Å²) in [6, 6.07) is 1.92. The van der Waals surface area contributed by atoms with Crippen LogP contribution in [-0.2, 0) is 0 Å². The zero-order valence-corrected chi connectivity index (χ0v) is 7.81. The van der Waals surface area contributed by atoms with E-state index >= 15 is 0 Å². The number of hydrogen-bond donors (Lipinski definition) is 2. The molecule has 1 aliphatic carbocycles. The van der Waals surface area contributed by atoms with Crippen molar-refractivity contribution in [2.75, 3.05) is 18.1 Å². The molecule has 0 saturated heterocycles. The largest absolute Gasteiger partial charge is 0.395 e. The Morgan fingerprint density at radius 1 is 1.64 bits per heavy atom. The zero-order chi connectivity index (χ0) is 9.97. The topological polar surface area (TPSA) is 69.2 Å². The van der Waals surface area contributed by atoms with Crippen LogP contribution in [0.5, 0.6) is 0 Å². The van der Waals surface area contributed by atoms with Crippen LogP contribution in [0.4, 0.5) is 5.82 Å². The molecule has 1 aliphatic rings. The van der Waals surface area contributed by atoms with Crippen LogP contribution >= 0.6 is 0 Å². The van der Waals surface area contributed by atoms with E-state index < -0.39 is 0 Å². The van der Waals surface area contributed by atoms with E-state index in [1.54, 1.807) is 0 Å². The highest BCUT2D eigenvalue weighted by Crippen LogP contribution is 2.29. The monoisotopic (exact) mass is 195 g/mol. The smallest absolute Gasteiger partial charge is 0.252 e. The lowest BCUT2D eigenvalue weighted by Crippen LogP contribution is -2.30. The van der Waals surface area contributed by atoms with Gasteiger partial charge in [-0.3, -0.25) is 4.79 Å². The van der Waals surface area contributed by atoms with E-state index in [0.29, 0.717) is 18.4 Å². The summed E-state index contributed by atoms with van der Waals surface area (Å²) in [6.45, 7) is 0.631. The van der Waals surface area contributed by atoms with Gasteiger partial charge in [0, 0.05) is 18.7 Å². The number of aromatic amines is 1. The van der Waals surface area contributed by atoms with Crippen LogP contribution in [0, 0.1) is 0 Å². The Balaban J connectivity index is 2.20. The number of anilines is 1. The van der Waals surface area contributed by atoms with E-state index in [2.05, 4.69) is 9.97 Å². The summed E-state index contributed by atoms with van der Waals surface area (Å²) in [6.07, 6.45) is 3.63. The molecule has 1 aromatic heterocycles. The van der Waals surface area contributed by atoms with E-state index in [-0.39, 0.29) is 12.2 Å². The van der Waals surface area contributed by atoms with Crippen molar-refractivity contribution in [1.82, 2.24) is 9.97 Å². The molecule has 0 radical (unpaired) electrons. The third-order valence-corrected chi connectivity index (χ3v) is 2.29. The number of aliphatic hydroxyl groups is 1. The van der Waals surface area contributed by atoms with E-state index in [0.717, 1.165) is 12.8 Å². The molecule has 5 heteroatoms. The molecule has 0 aromatic carbocycles. The van der Waals surface area contributed by atoms with Gasteiger partial charge >= 0.3 is 0 Å². The summed E-state index contributed by atoms with van der Waals surface area (Å²) in [5.74, 6) is 0.658. The highest BCUT2D eigenvalue weighted by molar-refractivity contribution is 5.39. The van der Waals surface area contributed by atoms with Gasteiger partial charge in [0.1, 0.15) is 5.82 Å². The molecule has 0 spiro atoms. The Morgan fingerprint density at radius 3 is 3.00 bits per heavy atom. The fourth-order valence-electron chi connectivity index (χ4n) is 1.49. The third-order valence-electron chi connectivity index (χ3n) is 2.29. The lowest BCUT2D eigenvalue weighted by atomic mass is 10.4. The first-order valence-corrected chi connectivity index (χ1v) is 4.73. The van der Waals surface area contributed by atoms with Gasteiger partial charge in [0.15, 0.2) is 0 Å². The van der Waals surface area contributed by atoms with Crippen molar-refractivity contribution in [2.24, 2.45) is 0 Å². The van der Waals surface area contributed by atoms with E-state index in [4.69, 9.17) is 5.11 Å². The van der Waals surface area contributed by atoms with Crippen molar-refractivity contribution in [3.63, 3.8) is 0 Å². The minimum Gasteiger partial charge on any atom is -0.395 e. The van der Waals surface area contributed by atoms with Crippen molar-refractivity contribution >= 4 is 5.82 Å². The third kappa shape index (κ3) is 1.93. The second kappa shape index (κ2) is 3.79.